The molecule has 0 radical (unpaired) electrons. The molecule has 138 valence electrons. The second-order valence-electron chi connectivity index (χ2n) is 5.60. The Labute approximate surface area is 158 Å². The molecule has 1 aromatic heterocycles. The number of nitrogens with zero attached hydrogens (tertiary/aromatic N) is 3. The molecule has 0 spiro atoms. The van der Waals surface area contributed by atoms with Gasteiger partial charge >= 0.3 is 5.97 Å². The van der Waals surface area contributed by atoms with E-state index < -0.39 is 10.9 Å². The molecule has 0 aliphatic carbocycles. The first-order valence-corrected chi connectivity index (χ1v) is 8.36. The van der Waals surface area contributed by atoms with Gasteiger partial charge in [0.05, 0.1) is 11.3 Å². The van der Waals surface area contributed by atoms with Crippen LogP contribution in [0.2, 0.25) is 5.02 Å². The lowest BCUT2D eigenvalue weighted by molar-refractivity contribution is -0.384. The van der Waals surface area contributed by atoms with Gasteiger partial charge in [-0.25, -0.2) is 0 Å². The first-order valence-electron chi connectivity index (χ1n) is 7.99. The Bertz CT molecular complexity index is 938. The molecule has 1 heterocycles. The van der Waals surface area contributed by atoms with Crippen LogP contribution >= 0.6 is 11.6 Å². The summed E-state index contributed by atoms with van der Waals surface area (Å²) in [6.07, 6.45) is 0.328. The van der Waals surface area contributed by atoms with Crippen LogP contribution in [0.3, 0.4) is 0 Å². The van der Waals surface area contributed by atoms with Crippen LogP contribution in [-0.4, -0.2) is 21.0 Å². The fraction of sp³-hybridized carbons (Fsp3) is 0.167. The number of hydrogen-bond donors (Lipinski definition) is 0. The highest BCUT2D eigenvalue weighted by Gasteiger charge is 2.12. The number of hydrogen-bond acceptors (Lipinski definition) is 7. The molecule has 0 saturated heterocycles. The molecule has 0 saturated carbocycles. The second-order valence-corrected chi connectivity index (χ2v) is 6.04. The molecule has 0 aliphatic rings. The first kappa shape index (κ1) is 18.5. The van der Waals surface area contributed by atoms with E-state index in [1.807, 2.05) is 0 Å². The molecule has 0 unspecified atom stereocenters. The Balaban J connectivity index is 1.48. The minimum absolute atomic E-state index is 0.0158. The fourth-order valence-electron chi connectivity index (χ4n) is 2.23. The Morgan fingerprint density at radius 2 is 1.85 bits per heavy atom. The van der Waals surface area contributed by atoms with Crippen LogP contribution in [0.4, 0.5) is 5.69 Å². The molecule has 0 amide bonds. The number of nitro groups is 1. The van der Waals surface area contributed by atoms with Crippen molar-refractivity contribution in [3.05, 3.63) is 75.1 Å². The molecule has 0 bridgehead atoms. The van der Waals surface area contributed by atoms with Gasteiger partial charge in [-0.1, -0.05) is 16.8 Å². The van der Waals surface area contributed by atoms with Gasteiger partial charge in [0.1, 0.15) is 6.61 Å². The average Bonchev–Trinajstić information content (AvgIpc) is 3.14. The zero-order valence-electron chi connectivity index (χ0n) is 14.0. The first-order chi connectivity index (χ1) is 13.0. The van der Waals surface area contributed by atoms with E-state index in [9.17, 15) is 14.9 Å². The van der Waals surface area contributed by atoms with Crippen LogP contribution in [0.25, 0.3) is 11.4 Å². The van der Waals surface area contributed by atoms with Crippen LogP contribution in [0.1, 0.15) is 17.9 Å². The van der Waals surface area contributed by atoms with Crippen molar-refractivity contribution in [1.82, 2.24) is 10.1 Å². The highest BCUT2D eigenvalue weighted by molar-refractivity contribution is 6.30. The van der Waals surface area contributed by atoms with E-state index in [2.05, 4.69) is 10.1 Å². The molecule has 2 aromatic carbocycles. The van der Waals surface area contributed by atoms with E-state index in [4.69, 9.17) is 20.9 Å². The third-order valence-corrected chi connectivity index (χ3v) is 3.91. The molecule has 0 N–H and O–H groups in total. The Morgan fingerprint density at radius 3 is 2.52 bits per heavy atom. The molecule has 0 atom stereocenters. The maximum absolute atomic E-state index is 11.8. The van der Waals surface area contributed by atoms with E-state index in [0.29, 0.717) is 22.3 Å². The minimum Gasteiger partial charge on any atom is -0.461 e. The Hall–Kier alpha value is -3.26. The monoisotopic (exact) mass is 387 g/mol. The number of halogens is 1. The number of benzene rings is 2. The number of aryl methyl sites for hydroxylation is 1. The zero-order valence-corrected chi connectivity index (χ0v) is 14.8. The number of carbonyl (C=O) groups excluding carboxylic acids is 1. The van der Waals surface area contributed by atoms with Gasteiger partial charge < -0.3 is 9.26 Å². The van der Waals surface area contributed by atoms with Gasteiger partial charge in [0.2, 0.25) is 11.7 Å². The molecular formula is C18H14ClN3O5. The van der Waals surface area contributed by atoms with Crippen LogP contribution in [0.5, 0.6) is 0 Å². The lowest BCUT2D eigenvalue weighted by atomic mass is 10.2. The lowest BCUT2D eigenvalue weighted by Crippen LogP contribution is -2.06. The molecule has 27 heavy (non-hydrogen) atoms. The van der Waals surface area contributed by atoms with Crippen molar-refractivity contribution in [3.8, 4) is 11.4 Å². The summed E-state index contributed by atoms with van der Waals surface area (Å²) >= 11 is 5.84. The standard InChI is InChI=1S/C18H14ClN3O5/c19-14-5-3-13(4-6-14)18-20-16(27-21-18)9-10-17(23)26-11-12-1-7-15(8-2-12)22(24)25/h1-8H,9-11H2. The number of non-ortho nitro benzene ring substituents is 1. The van der Waals surface area contributed by atoms with Gasteiger partial charge in [0.25, 0.3) is 5.69 Å². The average molecular weight is 388 g/mol. The van der Waals surface area contributed by atoms with Gasteiger partial charge in [-0.05, 0) is 42.0 Å². The lowest BCUT2D eigenvalue weighted by Gasteiger charge is -2.03. The van der Waals surface area contributed by atoms with Crippen LogP contribution in [0, 0.1) is 10.1 Å². The van der Waals surface area contributed by atoms with Crippen molar-refractivity contribution < 1.29 is 19.0 Å². The Morgan fingerprint density at radius 1 is 1.15 bits per heavy atom. The third-order valence-electron chi connectivity index (χ3n) is 3.66. The summed E-state index contributed by atoms with van der Waals surface area (Å²) in [5.74, 6) is 0.313. The van der Waals surface area contributed by atoms with Gasteiger partial charge in [0.15, 0.2) is 0 Å². The topological polar surface area (TPSA) is 108 Å². The largest absolute Gasteiger partial charge is 0.461 e. The van der Waals surface area contributed by atoms with Gasteiger partial charge in [0, 0.05) is 29.1 Å². The number of nitro benzene ring substituents is 1. The number of ether oxygens (including phenoxy) is 1. The molecular weight excluding hydrogens is 374 g/mol. The predicted octanol–water partition coefficient (Wildman–Crippen LogP) is 3.97. The number of aromatic nitrogens is 2. The summed E-state index contributed by atoms with van der Waals surface area (Å²) in [5, 5.41) is 15.1. The molecule has 0 aliphatic heterocycles. The van der Waals surface area contributed by atoms with E-state index in [0.717, 1.165) is 5.56 Å². The molecule has 9 heteroatoms. The highest BCUT2D eigenvalue weighted by Crippen LogP contribution is 2.19. The van der Waals surface area contributed by atoms with E-state index in [1.165, 1.54) is 12.1 Å². The normalized spacial score (nSPS) is 10.6. The smallest absolute Gasteiger partial charge is 0.306 e. The summed E-state index contributed by atoms with van der Waals surface area (Å²) in [5.41, 5.74) is 1.41. The maximum atomic E-state index is 11.8. The maximum Gasteiger partial charge on any atom is 0.306 e. The van der Waals surface area contributed by atoms with E-state index >= 15 is 0 Å². The van der Waals surface area contributed by atoms with E-state index in [-0.39, 0.29) is 25.1 Å². The van der Waals surface area contributed by atoms with Crippen molar-refractivity contribution >= 4 is 23.3 Å². The molecule has 0 fully saturated rings. The highest BCUT2D eigenvalue weighted by atomic mass is 35.5. The Kier molecular flexibility index (Phi) is 5.77. The fourth-order valence-corrected chi connectivity index (χ4v) is 2.36. The summed E-state index contributed by atoms with van der Waals surface area (Å²) in [6, 6.07) is 12.8. The second kappa shape index (κ2) is 8.41. The van der Waals surface area contributed by atoms with Crippen molar-refractivity contribution in [3.63, 3.8) is 0 Å². The van der Waals surface area contributed by atoms with E-state index in [1.54, 1.807) is 36.4 Å². The quantitative estimate of drug-likeness (QED) is 0.342. The predicted molar refractivity (Wildman–Crippen MR) is 96.0 cm³/mol. The van der Waals surface area contributed by atoms with Crippen LogP contribution in [0.15, 0.2) is 53.1 Å². The number of rotatable bonds is 7. The molecule has 3 rings (SSSR count). The van der Waals surface area contributed by atoms with Crippen molar-refractivity contribution in [2.45, 2.75) is 19.4 Å². The van der Waals surface area contributed by atoms with Crippen LogP contribution in [-0.2, 0) is 22.6 Å². The summed E-state index contributed by atoms with van der Waals surface area (Å²) in [6.45, 7) is 0.0384. The summed E-state index contributed by atoms with van der Waals surface area (Å²) < 4.78 is 10.3. The number of carbonyl (C=O) groups is 1. The summed E-state index contributed by atoms with van der Waals surface area (Å²) in [7, 11) is 0. The summed E-state index contributed by atoms with van der Waals surface area (Å²) in [4.78, 5) is 26.2. The zero-order chi connectivity index (χ0) is 19.2. The number of esters is 1. The molecule has 8 nitrogen and oxygen atoms in total. The van der Waals surface area contributed by atoms with Gasteiger partial charge in [-0.15, -0.1) is 0 Å². The molecule has 3 aromatic rings. The van der Waals surface area contributed by atoms with Gasteiger partial charge in [-0.2, -0.15) is 4.98 Å². The minimum atomic E-state index is -0.488. The van der Waals surface area contributed by atoms with Crippen LogP contribution < -0.4 is 0 Å². The van der Waals surface area contributed by atoms with Crippen molar-refractivity contribution in [2.24, 2.45) is 0 Å². The third kappa shape index (κ3) is 5.11. The van der Waals surface area contributed by atoms with Crippen molar-refractivity contribution in [2.75, 3.05) is 0 Å². The van der Waals surface area contributed by atoms with Crippen molar-refractivity contribution in [1.29, 1.82) is 0 Å². The van der Waals surface area contributed by atoms with Gasteiger partial charge in [-0.3, -0.25) is 14.9 Å². The SMILES string of the molecule is O=C(CCc1nc(-c2ccc(Cl)cc2)no1)OCc1ccc([N+](=O)[O-])cc1.